The summed E-state index contributed by atoms with van der Waals surface area (Å²) in [5.41, 5.74) is 0.466. The zero-order valence-corrected chi connectivity index (χ0v) is 18.7. The summed E-state index contributed by atoms with van der Waals surface area (Å²) in [5.74, 6) is -0.843. The Kier molecular flexibility index (Phi) is 6.66. The quantitative estimate of drug-likeness (QED) is 0.527. The minimum Gasteiger partial charge on any atom is -0.480 e. The van der Waals surface area contributed by atoms with Gasteiger partial charge in [-0.15, -0.1) is 0 Å². The third-order valence-corrected chi connectivity index (χ3v) is 7.02. The lowest BCUT2D eigenvalue weighted by Gasteiger charge is -2.40. The van der Waals surface area contributed by atoms with Crippen LogP contribution in [0.3, 0.4) is 0 Å². The van der Waals surface area contributed by atoms with Gasteiger partial charge >= 0.3 is 5.97 Å². The van der Waals surface area contributed by atoms with Gasteiger partial charge in [-0.1, -0.05) is 84.4 Å². The highest BCUT2D eigenvalue weighted by Gasteiger charge is 2.43. The topological polar surface area (TPSA) is 60.8 Å². The van der Waals surface area contributed by atoms with Crippen LogP contribution < -0.4 is 0 Å². The lowest BCUT2D eigenvalue weighted by Crippen LogP contribution is -2.46. The Balaban J connectivity index is 1.52. The third kappa shape index (κ3) is 4.44. The Hall–Kier alpha value is -2.66. The molecule has 2 N–H and O–H groups in total. The molecule has 0 aliphatic carbocycles. The third-order valence-electron chi connectivity index (χ3n) is 6.77. The summed E-state index contributed by atoms with van der Waals surface area (Å²) < 4.78 is 0. The van der Waals surface area contributed by atoms with Crippen molar-refractivity contribution < 1.29 is 15.0 Å². The summed E-state index contributed by atoms with van der Waals surface area (Å²) in [6.45, 7) is 2.05. The predicted molar refractivity (Wildman–Crippen MR) is 127 cm³/mol. The average molecular weight is 450 g/mol. The van der Waals surface area contributed by atoms with Gasteiger partial charge in [0, 0.05) is 18.1 Å². The Bertz CT molecular complexity index is 990. The van der Waals surface area contributed by atoms with E-state index in [2.05, 4.69) is 4.90 Å². The molecule has 1 heterocycles. The van der Waals surface area contributed by atoms with Gasteiger partial charge < -0.3 is 15.1 Å². The smallest absolute Gasteiger partial charge is 0.318 e. The van der Waals surface area contributed by atoms with Crippen LogP contribution in [0.4, 0.5) is 0 Å². The van der Waals surface area contributed by atoms with E-state index in [9.17, 15) is 15.0 Å². The van der Waals surface area contributed by atoms with Crippen molar-refractivity contribution in [2.45, 2.75) is 30.3 Å². The molecule has 1 fully saturated rings. The van der Waals surface area contributed by atoms with Crippen LogP contribution in [-0.2, 0) is 15.8 Å². The van der Waals surface area contributed by atoms with Crippen molar-refractivity contribution >= 4 is 17.6 Å². The highest BCUT2D eigenvalue weighted by Crippen LogP contribution is 2.38. The second-order valence-corrected chi connectivity index (χ2v) is 9.01. The molecule has 1 aliphatic heterocycles. The number of likely N-dealkylation sites (tertiary alicyclic amines) is 1. The normalized spacial score (nSPS) is 16.6. The van der Waals surface area contributed by atoms with Crippen molar-refractivity contribution in [3.8, 4) is 0 Å². The largest absolute Gasteiger partial charge is 0.480 e. The Labute approximate surface area is 194 Å². The molecule has 3 aromatic carbocycles. The molecule has 4 rings (SSSR count). The molecule has 0 aromatic heterocycles. The first-order valence-electron chi connectivity index (χ1n) is 11.0. The van der Waals surface area contributed by atoms with Gasteiger partial charge in [0.15, 0.2) is 0 Å². The van der Waals surface area contributed by atoms with Gasteiger partial charge in [0.05, 0.1) is 5.60 Å². The second kappa shape index (κ2) is 9.45. The van der Waals surface area contributed by atoms with Crippen LogP contribution in [0.15, 0.2) is 84.9 Å². The fraction of sp³-hybridized carbons (Fsp3) is 0.296. The summed E-state index contributed by atoms with van der Waals surface area (Å²) in [4.78, 5) is 15.0. The first-order chi connectivity index (χ1) is 15.4. The SMILES string of the molecule is O=C(O)C(CCN1CCC(O)(c2ccc(Cl)cc2)CC1)(c1ccccc1)c1ccccc1. The molecule has 0 bridgehead atoms. The molecule has 0 unspecified atom stereocenters. The van der Waals surface area contributed by atoms with Gasteiger partial charge in [0.25, 0.3) is 0 Å². The molecule has 0 saturated carbocycles. The second-order valence-electron chi connectivity index (χ2n) is 8.57. The summed E-state index contributed by atoms with van der Waals surface area (Å²) in [6, 6.07) is 26.4. The van der Waals surface area contributed by atoms with Crippen LogP contribution in [0.5, 0.6) is 0 Å². The monoisotopic (exact) mass is 449 g/mol. The Morgan fingerprint density at radius 1 is 0.875 bits per heavy atom. The van der Waals surface area contributed by atoms with Crippen LogP contribution in [-0.4, -0.2) is 40.7 Å². The van der Waals surface area contributed by atoms with Crippen LogP contribution in [0.2, 0.25) is 5.02 Å². The maximum Gasteiger partial charge on any atom is 0.318 e. The van der Waals surface area contributed by atoms with E-state index >= 15 is 0 Å². The van der Waals surface area contributed by atoms with Gasteiger partial charge in [-0.3, -0.25) is 4.79 Å². The number of carboxylic acid groups (broad SMARTS) is 1. The first-order valence-corrected chi connectivity index (χ1v) is 11.4. The van der Waals surface area contributed by atoms with E-state index in [1.807, 2.05) is 84.9 Å². The van der Waals surface area contributed by atoms with E-state index in [1.165, 1.54) is 0 Å². The molecule has 0 amide bonds. The summed E-state index contributed by atoms with van der Waals surface area (Å²) >= 11 is 5.99. The molecular formula is C27H28ClNO3. The van der Waals surface area contributed by atoms with Crippen molar-refractivity contribution in [1.82, 2.24) is 4.90 Å². The number of aliphatic carboxylic acids is 1. The molecule has 5 heteroatoms. The number of rotatable bonds is 7. The Morgan fingerprint density at radius 2 is 1.38 bits per heavy atom. The maximum atomic E-state index is 12.7. The van der Waals surface area contributed by atoms with Crippen molar-refractivity contribution in [3.63, 3.8) is 0 Å². The number of hydrogen-bond acceptors (Lipinski definition) is 3. The molecule has 3 aromatic rings. The minimum absolute atomic E-state index is 0.454. The maximum absolute atomic E-state index is 12.7. The zero-order chi connectivity index (χ0) is 22.6. The standard InChI is InChI=1S/C27H28ClNO3/c28-24-13-11-21(12-14-24)26(32)15-18-29(19-16-26)20-17-27(25(30)31,22-7-3-1-4-8-22)23-9-5-2-6-10-23/h1-14,32H,15-20H2,(H,30,31). The fourth-order valence-electron chi connectivity index (χ4n) is 4.78. The number of carbonyl (C=O) groups is 1. The summed E-state index contributed by atoms with van der Waals surface area (Å²) in [6.07, 6.45) is 1.66. The van der Waals surface area contributed by atoms with Crippen LogP contribution in [0, 0.1) is 0 Å². The molecule has 1 saturated heterocycles. The van der Waals surface area contributed by atoms with E-state index in [4.69, 9.17) is 11.6 Å². The van der Waals surface area contributed by atoms with Crippen molar-refractivity contribution in [2.24, 2.45) is 0 Å². The first kappa shape index (κ1) is 22.5. The molecule has 0 radical (unpaired) electrons. The van der Waals surface area contributed by atoms with Crippen LogP contribution >= 0.6 is 11.6 Å². The zero-order valence-electron chi connectivity index (χ0n) is 18.0. The highest BCUT2D eigenvalue weighted by molar-refractivity contribution is 6.30. The van der Waals surface area contributed by atoms with Gasteiger partial charge in [-0.25, -0.2) is 0 Å². The van der Waals surface area contributed by atoms with E-state index in [-0.39, 0.29) is 0 Å². The number of hydrogen-bond donors (Lipinski definition) is 2. The molecule has 1 aliphatic rings. The molecular weight excluding hydrogens is 422 g/mol. The average Bonchev–Trinajstić information content (AvgIpc) is 2.82. The molecule has 32 heavy (non-hydrogen) atoms. The van der Waals surface area contributed by atoms with Gasteiger partial charge in [-0.05, 0) is 54.6 Å². The van der Waals surface area contributed by atoms with Crippen molar-refractivity contribution in [1.29, 1.82) is 0 Å². The minimum atomic E-state index is -1.12. The number of aliphatic hydroxyl groups is 1. The summed E-state index contributed by atoms with van der Waals surface area (Å²) in [7, 11) is 0. The number of piperidine rings is 1. The molecule has 0 atom stereocenters. The predicted octanol–water partition coefficient (Wildman–Crippen LogP) is 5.08. The van der Waals surface area contributed by atoms with E-state index < -0.39 is 17.0 Å². The van der Waals surface area contributed by atoms with Crippen molar-refractivity contribution in [2.75, 3.05) is 19.6 Å². The summed E-state index contributed by atoms with van der Waals surface area (Å²) in [5, 5.41) is 22.3. The number of benzene rings is 3. The van der Waals surface area contributed by atoms with Gasteiger partial charge in [0.2, 0.25) is 0 Å². The van der Waals surface area contributed by atoms with Crippen LogP contribution in [0.1, 0.15) is 36.0 Å². The van der Waals surface area contributed by atoms with Crippen molar-refractivity contribution in [3.05, 3.63) is 107 Å². The molecule has 0 spiro atoms. The lowest BCUT2D eigenvalue weighted by atomic mass is 9.71. The van der Waals surface area contributed by atoms with E-state index in [1.54, 1.807) is 0 Å². The highest BCUT2D eigenvalue weighted by atomic mass is 35.5. The van der Waals surface area contributed by atoms with Gasteiger partial charge in [-0.2, -0.15) is 0 Å². The van der Waals surface area contributed by atoms with Crippen LogP contribution in [0.25, 0.3) is 0 Å². The number of nitrogens with zero attached hydrogens (tertiary/aromatic N) is 1. The fourth-order valence-corrected chi connectivity index (χ4v) is 4.90. The van der Waals surface area contributed by atoms with E-state index in [0.717, 1.165) is 16.7 Å². The molecule has 166 valence electrons. The number of halogens is 1. The Morgan fingerprint density at radius 3 is 1.84 bits per heavy atom. The molecule has 4 nitrogen and oxygen atoms in total. The lowest BCUT2D eigenvalue weighted by molar-refractivity contribution is -0.142. The van der Waals surface area contributed by atoms with Gasteiger partial charge in [0.1, 0.15) is 5.41 Å². The van der Waals surface area contributed by atoms with E-state index in [0.29, 0.717) is 43.9 Å². The number of carboxylic acids is 1.